The molecule has 7 nitrogen and oxygen atoms in total. The number of benzene rings is 1. The number of nitrogens with one attached hydrogen (secondary N) is 2. The minimum Gasteiger partial charge on any atom is -0.440 e. The van der Waals surface area contributed by atoms with Crippen LogP contribution in [-0.4, -0.2) is 45.2 Å². The summed E-state index contributed by atoms with van der Waals surface area (Å²) in [5, 5.41) is 15.3. The van der Waals surface area contributed by atoms with Crippen LogP contribution in [0.4, 0.5) is 17.1 Å². The molecule has 2 fully saturated rings. The molecule has 3 heterocycles. The maximum absolute atomic E-state index is 12.6. The van der Waals surface area contributed by atoms with Gasteiger partial charge in [-0.05, 0) is 49.6 Å². The summed E-state index contributed by atoms with van der Waals surface area (Å²) in [6.07, 6.45) is 3.57. The van der Waals surface area contributed by atoms with Gasteiger partial charge in [-0.25, -0.2) is 0 Å². The van der Waals surface area contributed by atoms with Crippen LogP contribution in [0.5, 0.6) is 0 Å². The highest BCUT2D eigenvalue weighted by atomic mass is 16.3. The van der Waals surface area contributed by atoms with E-state index in [4.69, 9.17) is 9.68 Å². The Bertz CT molecular complexity index is 873. The zero-order chi connectivity index (χ0) is 19.3. The Morgan fingerprint density at radius 1 is 1.04 bits per heavy atom. The quantitative estimate of drug-likeness (QED) is 0.850. The molecule has 0 bridgehead atoms. The van der Waals surface area contributed by atoms with E-state index >= 15 is 0 Å². The lowest BCUT2D eigenvalue weighted by atomic mass is 10.1. The molecule has 1 aromatic carbocycles. The molecule has 2 N–H and O–H groups in total. The molecule has 7 heteroatoms. The zero-order valence-corrected chi connectivity index (χ0v) is 15.9. The summed E-state index contributed by atoms with van der Waals surface area (Å²) >= 11 is 0. The third kappa shape index (κ3) is 3.97. The summed E-state index contributed by atoms with van der Waals surface area (Å²) in [6.45, 7) is 5.91. The molecular weight excluding hydrogens is 354 g/mol. The molecular formula is C21H25N5O2. The number of rotatable bonds is 4. The van der Waals surface area contributed by atoms with Crippen molar-refractivity contribution in [2.75, 3.05) is 54.4 Å². The topological polar surface area (TPSA) is 84.5 Å². The van der Waals surface area contributed by atoms with Crippen LogP contribution in [0.1, 0.15) is 35.6 Å². The molecule has 146 valence electrons. The number of piperazine rings is 1. The van der Waals surface area contributed by atoms with Crippen LogP contribution in [0.2, 0.25) is 0 Å². The lowest BCUT2D eigenvalue weighted by Crippen LogP contribution is -2.43. The van der Waals surface area contributed by atoms with Gasteiger partial charge in [0.2, 0.25) is 5.76 Å². The minimum atomic E-state index is -0.338. The number of amides is 1. The van der Waals surface area contributed by atoms with Crippen LogP contribution in [0.3, 0.4) is 0 Å². The Balaban J connectivity index is 1.61. The van der Waals surface area contributed by atoms with Gasteiger partial charge in [-0.3, -0.25) is 4.79 Å². The third-order valence-electron chi connectivity index (χ3n) is 5.35. The molecule has 0 unspecified atom stereocenters. The molecule has 28 heavy (non-hydrogen) atoms. The minimum absolute atomic E-state index is 0.135. The van der Waals surface area contributed by atoms with E-state index in [1.807, 2.05) is 12.1 Å². The first kappa shape index (κ1) is 18.4. The summed E-state index contributed by atoms with van der Waals surface area (Å²) in [5.74, 6) is -0.0579. The average molecular weight is 379 g/mol. The molecule has 1 amide bonds. The second-order valence-corrected chi connectivity index (χ2v) is 7.22. The summed E-state index contributed by atoms with van der Waals surface area (Å²) < 4.78 is 5.27. The average Bonchev–Trinajstić information content (AvgIpc) is 3.25. The number of carbonyl (C=O) groups excluding carboxylic acids is 1. The van der Waals surface area contributed by atoms with E-state index in [1.54, 1.807) is 0 Å². The number of hydrogen-bond donors (Lipinski definition) is 2. The van der Waals surface area contributed by atoms with Crippen LogP contribution >= 0.6 is 0 Å². The van der Waals surface area contributed by atoms with Crippen molar-refractivity contribution in [3.05, 3.63) is 41.9 Å². The van der Waals surface area contributed by atoms with Gasteiger partial charge in [0.05, 0.1) is 11.4 Å². The van der Waals surface area contributed by atoms with E-state index < -0.39 is 0 Å². The number of piperidine rings is 1. The summed E-state index contributed by atoms with van der Waals surface area (Å²) in [5.41, 5.74) is 3.02. The number of nitrogens with zero attached hydrogens (tertiary/aromatic N) is 3. The number of nitriles is 1. The van der Waals surface area contributed by atoms with Crippen molar-refractivity contribution in [1.29, 1.82) is 5.26 Å². The van der Waals surface area contributed by atoms with E-state index in [0.29, 0.717) is 0 Å². The van der Waals surface area contributed by atoms with Crippen molar-refractivity contribution < 1.29 is 9.21 Å². The summed E-state index contributed by atoms with van der Waals surface area (Å²) in [6, 6.07) is 11.2. The van der Waals surface area contributed by atoms with Crippen molar-refractivity contribution >= 4 is 23.0 Å². The summed E-state index contributed by atoms with van der Waals surface area (Å²) in [4.78, 5) is 17.3. The Hall–Kier alpha value is -2.98. The number of carbonyl (C=O) groups is 1. The van der Waals surface area contributed by atoms with Gasteiger partial charge in [-0.1, -0.05) is 0 Å². The van der Waals surface area contributed by atoms with Crippen LogP contribution in [0.15, 0.2) is 34.7 Å². The predicted molar refractivity (Wildman–Crippen MR) is 109 cm³/mol. The van der Waals surface area contributed by atoms with Crippen LogP contribution < -0.4 is 20.4 Å². The molecule has 0 aliphatic carbocycles. The Labute approximate surface area is 164 Å². The molecule has 0 saturated carbocycles. The Morgan fingerprint density at radius 3 is 2.54 bits per heavy atom. The van der Waals surface area contributed by atoms with Crippen LogP contribution in [0, 0.1) is 11.3 Å². The molecule has 4 rings (SSSR count). The zero-order valence-electron chi connectivity index (χ0n) is 15.9. The monoisotopic (exact) mass is 379 g/mol. The molecule has 0 radical (unpaired) electrons. The van der Waals surface area contributed by atoms with Gasteiger partial charge in [-0.15, -0.1) is 0 Å². The van der Waals surface area contributed by atoms with Crippen molar-refractivity contribution in [2.24, 2.45) is 0 Å². The van der Waals surface area contributed by atoms with Gasteiger partial charge < -0.3 is 24.9 Å². The van der Waals surface area contributed by atoms with Crippen molar-refractivity contribution in [1.82, 2.24) is 5.32 Å². The fraction of sp³-hybridized carbons (Fsp3) is 0.429. The normalized spacial score (nSPS) is 17.2. The lowest BCUT2D eigenvalue weighted by Gasteiger charge is -2.34. The number of furan rings is 1. The Morgan fingerprint density at radius 2 is 1.82 bits per heavy atom. The van der Waals surface area contributed by atoms with Gasteiger partial charge >= 0.3 is 0 Å². The molecule has 0 atom stereocenters. The lowest BCUT2D eigenvalue weighted by molar-refractivity contribution is 0.0996. The predicted octanol–water partition coefficient (Wildman–Crippen LogP) is 2.80. The fourth-order valence-electron chi connectivity index (χ4n) is 3.85. The molecule has 1 aromatic heterocycles. The van der Waals surface area contributed by atoms with Gasteiger partial charge in [-0.2, -0.15) is 5.26 Å². The van der Waals surface area contributed by atoms with Crippen molar-refractivity contribution in [2.45, 2.75) is 19.3 Å². The van der Waals surface area contributed by atoms with E-state index in [2.05, 4.69) is 32.6 Å². The smallest absolute Gasteiger partial charge is 0.291 e. The molecule has 2 aliphatic rings. The maximum Gasteiger partial charge on any atom is 0.291 e. The molecule has 2 saturated heterocycles. The standard InChI is InChI=1S/C21H25N5O2/c22-15-17-5-7-20(28-17)21(27)24-18-6-4-16(25-12-8-23-9-13-25)14-19(18)26-10-2-1-3-11-26/h4-7,14,23H,1-3,8-13H2,(H,24,27). The highest BCUT2D eigenvalue weighted by Gasteiger charge is 2.20. The fourth-order valence-corrected chi connectivity index (χ4v) is 3.85. The van der Waals surface area contributed by atoms with Crippen molar-refractivity contribution in [3.8, 4) is 6.07 Å². The highest BCUT2D eigenvalue weighted by Crippen LogP contribution is 2.33. The maximum atomic E-state index is 12.6. The van der Waals surface area contributed by atoms with E-state index in [9.17, 15) is 4.79 Å². The second kappa shape index (κ2) is 8.36. The third-order valence-corrected chi connectivity index (χ3v) is 5.35. The molecule has 0 spiro atoms. The number of hydrogen-bond acceptors (Lipinski definition) is 6. The van der Waals surface area contributed by atoms with Gasteiger partial charge in [0.1, 0.15) is 6.07 Å². The van der Waals surface area contributed by atoms with E-state index in [-0.39, 0.29) is 17.4 Å². The second-order valence-electron chi connectivity index (χ2n) is 7.22. The summed E-state index contributed by atoms with van der Waals surface area (Å²) in [7, 11) is 0. The first-order valence-corrected chi connectivity index (χ1v) is 9.90. The van der Waals surface area contributed by atoms with Crippen LogP contribution in [-0.2, 0) is 0 Å². The van der Waals surface area contributed by atoms with Crippen LogP contribution in [0.25, 0.3) is 0 Å². The van der Waals surface area contributed by atoms with Gasteiger partial charge in [0.25, 0.3) is 5.91 Å². The molecule has 2 aromatic rings. The Kier molecular flexibility index (Phi) is 5.49. The van der Waals surface area contributed by atoms with Gasteiger partial charge in [0.15, 0.2) is 5.76 Å². The van der Waals surface area contributed by atoms with Gasteiger partial charge in [0, 0.05) is 45.0 Å². The largest absolute Gasteiger partial charge is 0.440 e. The molecule has 2 aliphatic heterocycles. The van der Waals surface area contributed by atoms with E-state index in [0.717, 1.165) is 63.5 Å². The first-order valence-electron chi connectivity index (χ1n) is 9.90. The van der Waals surface area contributed by atoms with E-state index in [1.165, 1.54) is 24.2 Å². The number of anilines is 3. The SMILES string of the molecule is N#Cc1ccc(C(=O)Nc2ccc(N3CCNCC3)cc2N2CCCCC2)o1. The highest BCUT2D eigenvalue weighted by molar-refractivity contribution is 6.04. The van der Waals surface area contributed by atoms with Crippen molar-refractivity contribution in [3.63, 3.8) is 0 Å². The first-order chi connectivity index (χ1) is 13.7.